The van der Waals surface area contributed by atoms with Crippen molar-refractivity contribution in [2.24, 2.45) is 0 Å². The number of nitrogen functional groups attached to an aromatic ring is 1. The molecule has 2 saturated heterocycles. The van der Waals surface area contributed by atoms with Crippen molar-refractivity contribution in [3.63, 3.8) is 0 Å². The van der Waals surface area contributed by atoms with E-state index in [1.165, 1.54) is 44.6 Å². The molecule has 0 radical (unpaired) electrons. The van der Waals surface area contributed by atoms with Gasteiger partial charge in [0.15, 0.2) is 0 Å². The van der Waals surface area contributed by atoms with Crippen molar-refractivity contribution in [3.8, 4) is 0 Å². The highest BCUT2D eigenvalue weighted by Crippen LogP contribution is 2.28. The molecule has 2 heterocycles. The Balaban J connectivity index is 1.66. The molecule has 0 saturated carbocycles. The van der Waals surface area contributed by atoms with Crippen LogP contribution in [-0.4, -0.2) is 36.6 Å². The second-order valence-corrected chi connectivity index (χ2v) is 5.71. The van der Waals surface area contributed by atoms with E-state index in [1.54, 1.807) is 0 Å². The minimum atomic E-state index is 0.750. The summed E-state index contributed by atoms with van der Waals surface area (Å²) >= 11 is 0. The highest BCUT2D eigenvalue weighted by Gasteiger charge is 2.32. The van der Waals surface area contributed by atoms with E-state index < -0.39 is 0 Å². The normalized spacial score (nSPS) is 29.1. The lowest BCUT2D eigenvalue weighted by molar-refractivity contribution is 0.204. The van der Waals surface area contributed by atoms with Crippen molar-refractivity contribution >= 4 is 11.4 Å². The Bertz CT molecular complexity index is 401. The van der Waals surface area contributed by atoms with E-state index >= 15 is 0 Å². The fourth-order valence-corrected chi connectivity index (χ4v) is 3.43. The summed E-state index contributed by atoms with van der Waals surface area (Å²) in [5.74, 6) is 0. The van der Waals surface area contributed by atoms with Crippen LogP contribution in [0.1, 0.15) is 26.2 Å². The molecule has 0 amide bonds. The van der Waals surface area contributed by atoms with Gasteiger partial charge in [0.2, 0.25) is 0 Å². The summed E-state index contributed by atoms with van der Waals surface area (Å²) in [6.07, 6.45) is 4.05. The molecule has 1 aromatic rings. The van der Waals surface area contributed by atoms with Crippen molar-refractivity contribution in [1.82, 2.24) is 4.90 Å². The lowest BCUT2D eigenvalue weighted by Gasteiger charge is -2.28. The molecule has 98 valence electrons. The fourth-order valence-electron chi connectivity index (χ4n) is 3.43. The lowest BCUT2D eigenvalue weighted by atomic mass is 10.2. The van der Waals surface area contributed by atoms with Crippen molar-refractivity contribution in [1.29, 1.82) is 0 Å². The molecule has 18 heavy (non-hydrogen) atoms. The number of rotatable bonds is 2. The zero-order chi connectivity index (χ0) is 12.5. The van der Waals surface area contributed by atoms with Gasteiger partial charge in [-0.25, -0.2) is 0 Å². The summed E-state index contributed by atoms with van der Waals surface area (Å²) in [5.41, 5.74) is 7.91. The van der Waals surface area contributed by atoms with Crippen LogP contribution < -0.4 is 10.6 Å². The van der Waals surface area contributed by atoms with Gasteiger partial charge < -0.3 is 10.6 Å². The Morgan fingerprint density at radius 1 is 1.11 bits per heavy atom. The first-order chi connectivity index (χ1) is 8.74. The molecule has 0 aliphatic carbocycles. The van der Waals surface area contributed by atoms with Gasteiger partial charge in [0, 0.05) is 36.5 Å². The quantitative estimate of drug-likeness (QED) is 0.812. The predicted octanol–water partition coefficient (Wildman–Crippen LogP) is 2.33. The van der Waals surface area contributed by atoms with Gasteiger partial charge >= 0.3 is 0 Å². The van der Waals surface area contributed by atoms with Crippen molar-refractivity contribution < 1.29 is 0 Å². The number of benzene rings is 1. The molecule has 3 nitrogen and oxygen atoms in total. The van der Waals surface area contributed by atoms with Gasteiger partial charge in [0.1, 0.15) is 0 Å². The highest BCUT2D eigenvalue weighted by atomic mass is 15.3. The Labute approximate surface area is 110 Å². The molecular formula is C15H23N3. The summed E-state index contributed by atoms with van der Waals surface area (Å²) < 4.78 is 0. The van der Waals surface area contributed by atoms with E-state index in [9.17, 15) is 0 Å². The zero-order valence-electron chi connectivity index (χ0n) is 11.2. The van der Waals surface area contributed by atoms with Gasteiger partial charge in [0.25, 0.3) is 0 Å². The Morgan fingerprint density at radius 2 is 1.89 bits per heavy atom. The Morgan fingerprint density at radius 3 is 2.56 bits per heavy atom. The average molecular weight is 245 g/mol. The molecule has 1 aromatic carbocycles. The number of anilines is 2. The molecule has 0 spiro atoms. The smallest absolute Gasteiger partial charge is 0.0368 e. The number of nitrogens with zero attached hydrogens (tertiary/aromatic N) is 2. The molecule has 3 heteroatoms. The first-order valence-electron chi connectivity index (χ1n) is 7.10. The molecular weight excluding hydrogens is 222 g/mol. The summed E-state index contributed by atoms with van der Waals surface area (Å²) in [4.78, 5) is 5.20. The van der Waals surface area contributed by atoms with E-state index in [1.807, 2.05) is 12.1 Å². The minimum Gasteiger partial charge on any atom is -0.399 e. The van der Waals surface area contributed by atoms with Crippen LogP contribution in [0.5, 0.6) is 0 Å². The second-order valence-electron chi connectivity index (χ2n) is 5.71. The first kappa shape index (κ1) is 11.8. The van der Waals surface area contributed by atoms with Gasteiger partial charge in [-0.05, 0) is 57.0 Å². The molecule has 0 unspecified atom stereocenters. The standard InChI is InChI=1S/C15H23N3/c1-12-3-2-9-18(12)15-8-10-17(11-15)14-6-4-13(16)5-7-14/h4-7,12,15H,2-3,8-11,16H2,1H3/t12-,15-/m0/s1. The number of hydrogen-bond acceptors (Lipinski definition) is 3. The van der Waals surface area contributed by atoms with Crippen LogP contribution in [0.4, 0.5) is 11.4 Å². The van der Waals surface area contributed by atoms with Crippen molar-refractivity contribution in [3.05, 3.63) is 24.3 Å². The third kappa shape index (κ3) is 2.19. The van der Waals surface area contributed by atoms with Crippen LogP contribution in [0.25, 0.3) is 0 Å². The maximum Gasteiger partial charge on any atom is 0.0368 e. The SMILES string of the molecule is C[C@H]1CCCN1[C@H]1CCN(c2ccc(N)cc2)C1. The van der Waals surface area contributed by atoms with Gasteiger partial charge in [-0.2, -0.15) is 0 Å². The molecule has 0 aromatic heterocycles. The minimum absolute atomic E-state index is 0.750. The van der Waals surface area contributed by atoms with E-state index in [2.05, 4.69) is 28.9 Å². The summed E-state index contributed by atoms with van der Waals surface area (Å²) in [7, 11) is 0. The molecule has 0 bridgehead atoms. The fraction of sp³-hybridized carbons (Fsp3) is 0.600. The Hall–Kier alpha value is -1.22. The number of nitrogens with two attached hydrogens (primary N) is 1. The molecule has 2 aliphatic heterocycles. The van der Waals surface area contributed by atoms with Gasteiger partial charge in [-0.3, -0.25) is 4.90 Å². The molecule has 2 N–H and O–H groups in total. The van der Waals surface area contributed by atoms with Crippen LogP contribution >= 0.6 is 0 Å². The lowest BCUT2D eigenvalue weighted by Crippen LogP contribution is -2.39. The van der Waals surface area contributed by atoms with E-state index in [4.69, 9.17) is 5.73 Å². The molecule has 2 fully saturated rings. The average Bonchev–Trinajstić information content (AvgIpc) is 2.98. The van der Waals surface area contributed by atoms with Crippen LogP contribution in [0.2, 0.25) is 0 Å². The molecule has 3 rings (SSSR count). The number of likely N-dealkylation sites (tertiary alicyclic amines) is 1. The van der Waals surface area contributed by atoms with Gasteiger partial charge in [-0.15, -0.1) is 0 Å². The Kier molecular flexibility index (Phi) is 3.16. The maximum absolute atomic E-state index is 5.74. The van der Waals surface area contributed by atoms with E-state index in [-0.39, 0.29) is 0 Å². The van der Waals surface area contributed by atoms with Crippen molar-refractivity contribution in [2.75, 3.05) is 30.3 Å². The zero-order valence-corrected chi connectivity index (χ0v) is 11.2. The van der Waals surface area contributed by atoms with Gasteiger partial charge in [0.05, 0.1) is 0 Å². The van der Waals surface area contributed by atoms with E-state index in [0.717, 1.165) is 17.8 Å². The monoisotopic (exact) mass is 245 g/mol. The van der Waals surface area contributed by atoms with Gasteiger partial charge in [-0.1, -0.05) is 0 Å². The second kappa shape index (κ2) is 4.81. The number of hydrogen-bond donors (Lipinski definition) is 1. The van der Waals surface area contributed by atoms with Crippen LogP contribution in [-0.2, 0) is 0 Å². The van der Waals surface area contributed by atoms with Crippen molar-refractivity contribution in [2.45, 2.75) is 38.3 Å². The topological polar surface area (TPSA) is 32.5 Å². The van der Waals surface area contributed by atoms with E-state index in [0.29, 0.717) is 0 Å². The highest BCUT2D eigenvalue weighted by molar-refractivity contribution is 5.53. The predicted molar refractivity (Wildman–Crippen MR) is 76.9 cm³/mol. The molecule has 2 aliphatic rings. The first-order valence-corrected chi connectivity index (χ1v) is 7.10. The summed E-state index contributed by atoms with van der Waals surface area (Å²) in [5, 5.41) is 0. The summed E-state index contributed by atoms with van der Waals surface area (Å²) in [6.45, 7) is 6.02. The summed E-state index contributed by atoms with van der Waals surface area (Å²) in [6, 6.07) is 9.82. The van der Waals surface area contributed by atoms with Crippen LogP contribution in [0, 0.1) is 0 Å². The largest absolute Gasteiger partial charge is 0.399 e. The third-order valence-electron chi connectivity index (χ3n) is 4.49. The maximum atomic E-state index is 5.74. The molecule has 2 atom stereocenters. The van der Waals surface area contributed by atoms with Crippen LogP contribution in [0.15, 0.2) is 24.3 Å². The third-order valence-corrected chi connectivity index (χ3v) is 4.49. The van der Waals surface area contributed by atoms with Crippen LogP contribution in [0.3, 0.4) is 0 Å².